The van der Waals surface area contributed by atoms with Crippen LogP contribution in [0, 0.1) is 0 Å². The molecule has 1 aromatic carbocycles. The van der Waals surface area contributed by atoms with Crippen LogP contribution < -0.4 is 14.2 Å². The fraction of sp³-hybridized carbons (Fsp3) is 0.350. The third kappa shape index (κ3) is 3.76. The summed E-state index contributed by atoms with van der Waals surface area (Å²) in [6.07, 6.45) is 4.47. The molecule has 1 aliphatic rings. The number of aryl methyl sites for hydroxylation is 1. The number of amides is 1. The van der Waals surface area contributed by atoms with Gasteiger partial charge in [-0.2, -0.15) is 0 Å². The number of hydrogen-bond donors (Lipinski definition) is 0. The monoisotopic (exact) mass is 390 g/mol. The SMILES string of the molecule is COc1cc(OC)c(C2=CCN(C(=O)c3cc(Cl)cn3C)CC2)c(OC)c1. The van der Waals surface area contributed by atoms with E-state index >= 15 is 0 Å². The molecule has 0 radical (unpaired) electrons. The number of carbonyl (C=O) groups excluding carboxylic acids is 1. The van der Waals surface area contributed by atoms with Crippen LogP contribution in [0.15, 0.2) is 30.5 Å². The number of methoxy groups -OCH3 is 3. The minimum Gasteiger partial charge on any atom is -0.496 e. The molecule has 0 saturated carbocycles. The van der Waals surface area contributed by atoms with Crippen LogP contribution in [0.25, 0.3) is 5.57 Å². The van der Waals surface area contributed by atoms with Crippen molar-refractivity contribution in [3.8, 4) is 17.2 Å². The summed E-state index contributed by atoms with van der Waals surface area (Å²) >= 11 is 6.00. The maximum Gasteiger partial charge on any atom is 0.270 e. The molecule has 0 fully saturated rings. The fourth-order valence-corrected chi connectivity index (χ4v) is 3.55. The molecule has 27 heavy (non-hydrogen) atoms. The van der Waals surface area contributed by atoms with Crippen molar-refractivity contribution >= 4 is 23.1 Å². The van der Waals surface area contributed by atoms with Crippen LogP contribution in [0.1, 0.15) is 22.5 Å². The number of hydrogen-bond acceptors (Lipinski definition) is 4. The smallest absolute Gasteiger partial charge is 0.270 e. The number of nitrogens with zero attached hydrogens (tertiary/aromatic N) is 2. The predicted molar refractivity (Wildman–Crippen MR) is 105 cm³/mol. The summed E-state index contributed by atoms with van der Waals surface area (Å²) in [5.41, 5.74) is 2.56. The number of halogens is 1. The zero-order valence-corrected chi connectivity index (χ0v) is 16.7. The van der Waals surface area contributed by atoms with Gasteiger partial charge in [-0.25, -0.2) is 0 Å². The van der Waals surface area contributed by atoms with E-state index in [2.05, 4.69) is 0 Å². The van der Waals surface area contributed by atoms with Crippen LogP contribution in [0.5, 0.6) is 17.2 Å². The molecule has 0 bridgehead atoms. The molecular weight excluding hydrogens is 368 g/mol. The van der Waals surface area contributed by atoms with E-state index in [-0.39, 0.29) is 5.91 Å². The lowest BCUT2D eigenvalue weighted by atomic mass is 9.97. The third-order valence-corrected chi connectivity index (χ3v) is 4.93. The Bertz CT molecular complexity index is 863. The van der Waals surface area contributed by atoms with Gasteiger partial charge in [-0.15, -0.1) is 0 Å². The van der Waals surface area contributed by atoms with E-state index in [1.165, 1.54) is 0 Å². The van der Waals surface area contributed by atoms with Crippen LogP contribution in [0.3, 0.4) is 0 Å². The molecule has 0 aliphatic carbocycles. The standard InChI is InChI=1S/C20H23ClN2O4/c1-22-12-14(21)9-16(22)20(24)23-7-5-13(6-8-23)19-17(26-3)10-15(25-2)11-18(19)27-4/h5,9-12H,6-8H2,1-4H3. The summed E-state index contributed by atoms with van der Waals surface area (Å²) in [6, 6.07) is 5.36. The van der Waals surface area contributed by atoms with Gasteiger partial charge in [-0.05, 0) is 18.1 Å². The third-order valence-electron chi connectivity index (χ3n) is 4.72. The number of carbonyl (C=O) groups is 1. The number of ether oxygens (including phenoxy) is 3. The van der Waals surface area contributed by atoms with Crippen LogP contribution in [0.2, 0.25) is 5.02 Å². The van der Waals surface area contributed by atoms with Crippen molar-refractivity contribution < 1.29 is 19.0 Å². The Kier molecular flexibility index (Phi) is 5.65. The molecule has 1 aromatic heterocycles. The van der Waals surface area contributed by atoms with Gasteiger partial charge in [0.1, 0.15) is 22.9 Å². The first kappa shape index (κ1) is 19.2. The largest absolute Gasteiger partial charge is 0.496 e. The number of rotatable bonds is 5. The summed E-state index contributed by atoms with van der Waals surface area (Å²) in [4.78, 5) is 14.6. The molecule has 6 nitrogen and oxygen atoms in total. The molecule has 2 heterocycles. The first-order valence-electron chi connectivity index (χ1n) is 8.59. The highest BCUT2D eigenvalue weighted by molar-refractivity contribution is 6.31. The van der Waals surface area contributed by atoms with Gasteiger partial charge in [-0.3, -0.25) is 4.79 Å². The van der Waals surface area contributed by atoms with Crippen LogP contribution in [-0.2, 0) is 7.05 Å². The Labute approximate surface area is 163 Å². The molecule has 7 heteroatoms. The van der Waals surface area contributed by atoms with E-state index in [1.54, 1.807) is 43.1 Å². The highest BCUT2D eigenvalue weighted by Gasteiger charge is 2.25. The molecule has 0 saturated heterocycles. The first-order chi connectivity index (χ1) is 13.0. The van der Waals surface area contributed by atoms with Crippen LogP contribution >= 0.6 is 11.6 Å². The van der Waals surface area contributed by atoms with Crippen molar-refractivity contribution in [2.75, 3.05) is 34.4 Å². The molecule has 1 aliphatic heterocycles. The maximum atomic E-state index is 12.8. The highest BCUT2D eigenvalue weighted by atomic mass is 35.5. The topological polar surface area (TPSA) is 52.9 Å². The van der Waals surface area contributed by atoms with E-state index < -0.39 is 0 Å². The molecular formula is C20H23ClN2O4. The normalized spacial score (nSPS) is 14.0. The second kappa shape index (κ2) is 7.96. The first-order valence-corrected chi connectivity index (χ1v) is 8.96. The van der Waals surface area contributed by atoms with Gasteiger partial charge in [0.2, 0.25) is 0 Å². The Morgan fingerprint density at radius 3 is 2.19 bits per heavy atom. The zero-order chi connectivity index (χ0) is 19.6. The van der Waals surface area contributed by atoms with Gasteiger partial charge in [0.15, 0.2) is 0 Å². The Morgan fingerprint density at radius 2 is 1.74 bits per heavy atom. The second-order valence-electron chi connectivity index (χ2n) is 6.29. The summed E-state index contributed by atoms with van der Waals surface area (Å²) in [7, 11) is 6.66. The average Bonchev–Trinajstić information content (AvgIpc) is 3.04. The predicted octanol–water partition coefficient (Wildman–Crippen LogP) is 3.63. The molecule has 0 atom stereocenters. The Balaban J connectivity index is 1.87. The van der Waals surface area contributed by atoms with Gasteiger partial charge >= 0.3 is 0 Å². The van der Waals surface area contributed by atoms with E-state index in [0.29, 0.717) is 47.5 Å². The van der Waals surface area contributed by atoms with Gasteiger partial charge in [0.25, 0.3) is 5.91 Å². The molecule has 0 N–H and O–H groups in total. The van der Waals surface area contributed by atoms with E-state index in [0.717, 1.165) is 11.1 Å². The fourth-order valence-electron chi connectivity index (χ4n) is 3.30. The van der Waals surface area contributed by atoms with Crippen molar-refractivity contribution in [2.24, 2.45) is 7.05 Å². The minimum absolute atomic E-state index is 0.0339. The molecule has 0 spiro atoms. The quantitative estimate of drug-likeness (QED) is 0.782. The van der Waals surface area contributed by atoms with E-state index in [1.807, 2.05) is 25.3 Å². The summed E-state index contributed by atoms with van der Waals surface area (Å²) < 4.78 is 18.1. The van der Waals surface area contributed by atoms with Crippen LogP contribution in [-0.4, -0.2) is 49.8 Å². The molecule has 3 rings (SSSR count). The number of benzene rings is 1. The van der Waals surface area contributed by atoms with Gasteiger partial charge in [0, 0.05) is 38.5 Å². The Hall–Kier alpha value is -2.60. The summed E-state index contributed by atoms with van der Waals surface area (Å²) in [6.45, 7) is 1.11. The van der Waals surface area contributed by atoms with Crippen molar-refractivity contribution in [3.63, 3.8) is 0 Å². The molecule has 1 amide bonds. The molecule has 0 unspecified atom stereocenters. The number of aromatic nitrogens is 1. The van der Waals surface area contributed by atoms with E-state index in [4.69, 9.17) is 25.8 Å². The highest BCUT2D eigenvalue weighted by Crippen LogP contribution is 2.40. The lowest BCUT2D eigenvalue weighted by molar-refractivity contribution is 0.0763. The summed E-state index contributed by atoms with van der Waals surface area (Å²) in [5.74, 6) is 2.01. The lowest BCUT2D eigenvalue weighted by Crippen LogP contribution is -2.35. The van der Waals surface area contributed by atoms with Crippen molar-refractivity contribution in [1.82, 2.24) is 9.47 Å². The van der Waals surface area contributed by atoms with E-state index in [9.17, 15) is 4.79 Å². The van der Waals surface area contributed by atoms with Crippen molar-refractivity contribution in [3.05, 3.63) is 46.8 Å². The second-order valence-corrected chi connectivity index (χ2v) is 6.73. The maximum absolute atomic E-state index is 12.8. The average molecular weight is 391 g/mol. The molecule has 144 valence electrons. The Morgan fingerprint density at radius 1 is 1.07 bits per heavy atom. The van der Waals surface area contributed by atoms with Gasteiger partial charge in [-0.1, -0.05) is 17.7 Å². The summed E-state index contributed by atoms with van der Waals surface area (Å²) in [5, 5.41) is 0.557. The van der Waals surface area contributed by atoms with Crippen molar-refractivity contribution in [2.45, 2.75) is 6.42 Å². The van der Waals surface area contributed by atoms with Gasteiger partial charge in [0.05, 0.1) is 31.9 Å². The van der Waals surface area contributed by atoms with Gasteiger partial charge < -0.3 is 23.7 Å². The minimum atomic E-state index is -0.0339. The van der Waals surface area contributed by atoms with Crippen molar-refractivity contribution in [1.29, 1.82) is 0 Å². The molecule has 2 aromatic rings. The lowest BCUT2D eigenvalue weighted by Gasteiger charge is -2.28. The van der Waals surface area contributed by atoms with Crippen LogP contribution in [0.4, 0.5) is 0 Å². The zero-order valence-electron chi connectivity index (χ0n) is 15.9.